The van der Waals surface area contributed by atoms with Gasteiger partial charge in [-0.05, 0) is 69.4 Å². The number of unbranched alkanes of at least 4 members (excludes halogenated alkanes) is 2. The number of anilines is 4. The third kappa shape index (κ3) is 19.5. The number of carbonyl (C=O) groups excluding carboxylic acids is 4. The molecule has 0 aliphatic carbocycles. The molecule has 2 rings (SSSR count). The first-order chi connectivity index (χ1) is 28.2. The fourth-order valence-corrected chi connectivity index (χ4v) is 7.72. The molecular formula is C38H55Br2N13O4S2. The Bertz CT molecular complexity index is 1920. The molecule has 21 heteroatoms. The second kappa shape index (κ2) is 28.1. The van der Waals surface area contributed by atoms with Gasteiger partial charge in [-0.25, -0.2) is 0 Å². The van der Waals surface area contributed by atoms with Crippen LogP contribution >= 0.6 is 55.4 Å². The van der Waals surface area contributed by atoms with Gasteiger partial charge in [0.05, 0.1) is 32.5 Å². The van der Waals surface area contributed by atoms with Gasteiger partial charge in [-0.15, -0.1) is 23.5 Å². The molecule has 0 saturated carbocycles. The van der Waals surface area contributed by atoms with Gasteiger partial charge in [-0.1, -0.05) is 44.9 Å². The number of rotatable bonds is 25. The normalized spacial score (nSPS) is 11.6. The van der Waals surface area contributed by atoms with Crippen LogP contribution in [0, 0.1) is 0 Å². The van der Waals surface area contributed by atoms with E-state index in [1.54, 1.807) is 37.3 Å². The van der Waals surface area contributed by atoms with Crippen molar-refractivity contribution in [2.75, 3.05) is 59.0 Å². The number of amides is 4. The summed E-state index contributed by atoms with van der Waals surface area (Å²) >= 11 is 9.75. The van der Waals surface area contributed by atoms with Gasteiger partial charge in [-0.3, -0.25) is 34.2 Å². The molecule has 322 valence electrons. The van der Waals surface area contributed by atoms with Gasteiger partial charge in [0, 0.05) is 71.3 Å². The zero-order valence-electron chi connectivity index (χ0n) is 33.2. The summed E-state index contributed by atoms with van der Waals surface area (Å²) in [6, 6.07) is 6.93. The highest BCUT2D eigenvalue weighted by Crippen LogP contribution is 2.39. The second-order valence-electron chi connectivity index (χ2n) is 12.5. The van der Waals surface area contributed by atoms with Crippen LogP contribution in [0.2, 0.25) is 0 Å². The maximum absolute atomic E-state index is 14.0. The first kappa shape index (κ1) is 50.7. The Morgan fingerprint density at radius 1 is 0.678 bits per heavy atom. The summed E-state index contributed by atoms with van der Waals surface area (Å²) in [7, 11) is 0. The number of aliphatic imine (C=N–C) groups is 3. The molecule has 0 saturated heterocycles. The molecule has 0 radical (unpaired) electrons. The number of nitrogens with two attached hydrogens (primary N) is 6. The van der Waals surface area contributed by atoms with E-state index in [0.29, 0.717) is 111 Å². The maximum atomic E-state index is 14.0. The number of nitrogens with one attached hydrogen (secondary N) is 4. The van der Waals surface area contributed by atoms with E-state index in [0.717, 1.165) is 0 Å². The second-order valence-corrected chi connectivity index (χ2v) is 16.5. The summed E-state index contributed by atoms with van der Waals surface area (Å²) in [6.07, 6.45) is 7.83. The molecule has 0 fully saturated rings. The molecule has 0 aliphatic heterocycles. The van der Waals surface area contributed by atoms with Gasteiger partial charge in [-0.2, -0.15) is 0 Å². The van der Waals surface area contributed by atoms with Crippen LogP contribution in [0.25, 0.3) is 0 Å². The van der Waals surface area contributed by atoms with E-state index < -0.39 is 11.8 Å². The monoisotopic (exact) mass is 979 g/mol. The van der Waals surface area contributed by atoms with E-state index in [9.17, 15) is 19.2 Å². The lowest BCUT2D eigenvalue weighted by molar-refractivity contribution is -0.117. The lowest BCUT2D eigenvalue weighted by atomic mass is 10.1. The van der Waals surface area contributed by atoms with Crippen molar-refractivity contribution >= 4 is 120 Å². The van der Waals surface area contributed by atoms with E-state index in [-0.39, 0.29) is 47.8 Å². The zero-order valence-corrected chi connectivity index (χ0v) is 38.0. The Kier molecular flexibility index (Phi) is 24.2. The minimum Gasteiger partial charge on any atom is -0.370 e. The molecular weight excluding hydrogens is 926 g/mol. The van der Waals surface area contributed by atoms with Gasteiger partial charge < -0.3 is 55.7 Å². The van der Waals surface area contributed by atoms with Crippen LogP contribution in [-0.4, -0.2) is 79.4 Å². The number of guanidine groups is 2. The zero-order chi connectivity index (χ0) is 43.7. The predicted molar refractivity (Wildman–Crippen MR) is 252 cm³/mol. The Morgan fingerprint density at radius 3 is 1.49 bits per heavy atom. The van der Waals surface area contributed by atoms with Crippen LogP contribution < -0.4 is 55.7 Å². The molecule has 2 aromatic carbocycles. The number of carbonyl (C=O) groups is 4. The molecule has 0 aliphatic rings. The number of allylic oxidation sites excluding steroid dienone is 1. The number of hydrogen-bond donors (Lipinski definition) is 10. The third-order valence-electron chi connectivity index (χ3n) is 7.57. The number of nitrogens with zero attached hydrogens (tertiary/aromatic N) is 3. The summed E-state index contributed by atoms with van der Waals surface area (Å²) < 4.78 is 1.20. The summed E-state index contributed by atoms with van der Waals surface area (Å²) in [5.74, 6) is -0.562. The van der Waals surface area contributed by atoms with Gasteiger partial charge in [0.1, 0.15) is 5.70 Å². The summed E-state index contributed by atoms with van der Waals surface area (Å²) in [5, 5.41) is 11.8. The fourth-order valence-electron chi connectivity index (χ4n) is 5.09. The molecule has 0 bridgehead atoms. The van der Waals surface area contributed by atoms with Crippen molar-refractivity contribution in [1.29, 1.82) is 0 Å². The van der Waals surface area contributed by atoms with Crippen molar-refractivity contribution in [2.24, 2.45) is 49.4 Å². The minimum atomic E-state index is -0.604. The highest BCUT2D eigenvalue weighted by atomic mass is 79.9. The van der Waals surface area contributed by atoms with Crippen molar-refractivity contribution in [3.63, 3.8) is 0 Å². The summed E-state index contributed by atoms with van der Waals surface area (Å²) in [5.41, 5.74) is 35.1. The number of thioether (sulfide) groups is 2. The van der Waals surface area contributed by atoms with E-state index >= 15 is 0 Å². The van der Waals surface area contributed by atoms with Gasteiger partial charge in [0.2, 0.25) is 11.8 Å². The average Bonchev–Trinajstić information content (AvgIpc) is 3.16. The van der Waals surface area contributed by atoms with Crippen LogP contribution in [0.5, 0.6) is 0 Å². The van der Waals surface area contributed by atoms with Crippen LogP contribution in [0.1, 0.15) is 58.8 Å². The van der Waals surface area contributed by atoms with Gasteiger partial charge in [0.15, 0.2) is 11.9 Å². The molecule has 2 aromatic rings. The van der Waals surface area contributed by atoms with Gasteiger partial charge >= 0.3 is 0 Å². The first-order valence-corrected chi connectivity index (χ1v) is 22.3. The highest BCUT2D eigenvalue weighted by molar-refractivity contribution is 9.10. The lowest BCUT2D eigenvalue weighted by Crippen LogP contribution is -2.23. The summed E-state index contributed by atoms with van der Waals surface area (Å²) in [4.78, 5) is 67.2. The third-order valence-corrected chi connectivity index (χ3v) is 10.8. The molecule has 0 aromatic heterocycles. The largest absolute Gasteiger partial charge is 0.370 e. The molecule has 17 nitrogen and oxygen atoms in total. The smallest absolute Gasteiger partial charge is 0.274 e. The molecule has 0 heterocycles. The van der Waals surface area contributed by atoms with Crippen molar-refractivity contribution in [3.05, 3.63) is 56.6 Å². The van der Waals surface area contributed by atoms with E-state index in [1.807, 2.05) is 6.92 Å². The lowest BCUT2D eigenvalue weighted by Gasteiger charge is -2.18. The van der Waals surface area contributed by atoms with E-state index in [2.05, 4.69) is 68.1 Å². The molecule has 0 atom stereocenters. The van der Waals surface area contributed by atoms with Crippen molar-refractivity contribution in [1.82, 2.24) is 0 Å². The molecule has 4 amide bonds. The number of halogens is 2. The standard InChI is InChI=1S/C38H55Br2N13O4S2/c1-3-9-23(35(56)52-28-21-24(39)19-26(33(28)58-16-12-41)50-31(54)10-5-7-14-48-37(43)44)18-30(47-4-2)36(57)53-29-22-25(40)20-27(34(29)59-17-13-42)51-32(55)11-6-8-15-49-38(45)46/h4,9,18-22H,3,5-8,10-17,41-42H2,1-2H3,(H,50,54)(H,51,55)(H,52,56)(H,53,57)(H4,43,44,48)(H4,45,46,49). The quantitative estimate of drug-likeness (QED) is 0.0158. The van der Waals surface area contributed by atoms with Crippen LogP contribution in [0.4, 0.5) is 22.7 Å². The van der Waals surface area contributed by atoms with E-state index in [1.165, 1.54) is 35.8 Å². The Balaban J connectivity index is 2.42. The Morgan fingerprint density at radius 2 is 1.10 bits per heavy atom. The summed E-state index contributed by atoms with van der Waals surface area (Å²) in [6.45, 7) is 5.04. The fraction of sp³-hybridized carbons (Fsp3) is 0.395. The predicted octanol–water partition coefficient (Wildman–Crippen LogP) is 4.97. The molecule has 59 heavy (non-hydrogen) atoms. The number of benzene rings is 2. The minimum absolute atomic E-state index is 0.000193. The molecule has 0 unspecified atom stereocenters. The van der Waals surface area contributed by atoms with Gasteiger partial charge in [0.25, 0.3) is 11.8 Å². The van der Waals surface area contributed by atoms with Crippen LogP contribution in [0.15, 0.2) is 81.4 Å². The Labute approximate surface area is 370 Å². The molecule has 0 spiro atoms. The van der Waals surface area contributed by atoms with Crippen molar-refractivity contribution in [3.8, 4) is 0 Å². The van der Waals surface area contributed by atoms with Crippen molar-refractivity contribution < 1.29 is 19.2 Å². The highest BCUT2D eigenvalue weighted by Gasteiger charge is 2.21. The van der Waals surface area contributed by atoms with Crippen molar-refractivity contribution in [2.45, 2.75) is 68.6 Å². The SMILES string of the molecule is CC=NC(=CC(=CCC)C(=O)Nc1cc(Br)cc(NC(=O)CCCCN=C(N)N)c1SCCN)C(=O)Nc1cc(Br)cc(NC(=O)CCCCN=C(N)N)c1SCCN. The maximum Gasteiger partial charge on any atom is 0.274 e. The average molecular weight is 982 g/mol. The first-order valence-electron chi connectivity index (χ1n) is 18.8. The Hall–Kier alpha value is -4.41. The number of hydrogen-bond acceptors (Lipinski definition) is 11. The van der Waals surface area contributed by atoms with Crippen LogP contribution in [-0.2, 0) is 19.2 Å². The molecule has 16 N–H and O–H groups in total. The van der Waals surface area contributed by atoms with Crippen LogP contribution in [0.3, 0.4) is 0 Å². The topological polar surface area (TPSA) is 310 Å². The van der Waals surface area contributed by atoms with E-state index in [4.69, 9.17) is 34.4 Å².